The molecule has 11 heavy (non-hydrogen) atoms. The fraction of sp³-hybridized carbons (Fsp3) is 0.300. The number of rotatable bonds is 1. The Labute approximate surface area is 67.0 Å². The predicted octanol–water partition coefficient (Wildman–Crippen LogP) is 2.35. The zero-order valence-electron chi connectivity index (χ0n) is 6.36. The summed E-state index contributed by atoms with van der Waals surface area (Å²) in [5, 5.41) is 0. The van der Waals surface area contributed by atoms with Gasteiger partial charge in [-0.05, 0) is 18.4 Å². The van der Waals surface area contributed by atoms with Gasteiger partial charge in [0.15, 0.2) is 0 Å². The summed E-state index contributed by atoms with van der Waals surface area (Å²) in [6.45, 7) is 0.875. The number of ether oxygens (including phenoxy) is 1. The van der Waals surface area contributed by atoms with Crippen molar-refractivity contribution in [3.63, 3.8) is 0 Å². The Hall–Kier alpha value is -0.820. The first kappa shape index (κ1) is 6.86. The van der Waals surface area contributed by atoms with Crippen molar-refractivity contribution in [2.24, 2.45) is 0 Å². The van der Waals surface area contributed by atoms with Crippen LogP contribution in [0, 0.1) is 6.42 Å². The van der Waals surface area contributed by atoms with E-state index in [0.29, 0.717) is 0 Å². The maximum atomic E-state index is 5.48. The highest BCUT2D eigenvalue weighted by molar-refractivity contribution is 5.20. The summed E-state index contributed by atoms with van der Waals surface area (Å²) in [6.07, 6.45) is 3.55. The van der Waals surface area contributed by atoms with Gasteiger partial charge < -0.3 is 4.74 Å². The Morgan fingerprint density at radius 3 is 2.64 bits per heavy atom. The van der Waals surface area contributed by atoms with Crippen LogP contribution in [0.15, 0.2) is 30.3 Å². The molecule has 0 amide bonds. The van der Waals surface area contributed by atoms with Crippen LogP contribution in [0.3, 0.4) is 0 Å². The van der Waals surface area contributed by atoms with Gasteiger partial charge in [0.1, 0.15) is 0 Å². The first-order valence-electron chi connectivity index (χ1n) is 3.97. The lowest BCUT2D eigenvalue weighted by Crippen LogP contribution is -1.94. The van der Waals surface area contributed by atoms with Gasteiger partial charge in [0.25, 0.3) is 0 Å². The molecule has 0 spiro atoms. The Balaban J connectivity index is 2.16. The Kier molecular flexibility index (Phi) is 1.91. The fourth-order valence-electron chi connectivity index (χ4n) is 1.36. The van der Waals surface area contributed by atoms with Crippen LogP contribution in [0.1, 0.15) is 18.1 Å². The van der Waals surface area contributed by atoms with Crippen molar-refractivity contribution >= 4 is 0 Å². The molecule has 1 atom stereocenters. The summed E-state index contributed by atoms with van der Waals surface area (Å²) in [7, 11) is 0. The average Bonchev–Trinajstić information content (AvgIpc) is 2.58. The second-order valence-electron chi connectivity index (χ2n) is 2.73. The van der Waals surface area contributed by atoms with Gasteiger partial charge in [-0.15, -0.1) is 0 Å². The van der Waals surface area contributed by atoms with Gasteiger partial charge in [0.2, 0.25) is 0 Å². The zero-order chi connectivity index (χ0) is 7.52. The van der Waals surface area contributed by atoms with E-state index in [4.69, 9.17) is 4.74 Å². The van der Waals surface area contributed by atoms with E-state index in [9.17, 15) is 0 Å². The number of hydrogen-bond acceptors (Lipinski definition) is 1. The second-order valence-corrected chi connectivity index (χ2v) is 2.73. The molecular weight excluding hydrogens is 136 g/mol. The third-order valence-electron chi connectivity index (χ3n) is 1.92. The largest absolute Gasteiger partial charge is 0.373 e. The molecule has 0 bridgehead atoms. The topological polar surface area (TPSA) is 9.23 Å². The van der Waals surface area contributed by atoms with Gasteiger partial charge in [0.05, 0.1) is 6.10 Å². The van der Waals surface area contributed by atoms with E-state index in [1.54, 1.807) is 0 Å². The number of hydrogen-bond donors (Lipinski definition) is 0. The van der Waals surface area contributed by atoms with E-state index < -0.39 is 0 Å². The molecule has 0 saturated carbocycles. The molecule has 1 aromatic rings. The highest BCUT2D eigenvalue weighted by atomic mass is 16.5. The van der Waals surface area contributed by atoms with Crippen molar-refractivity contribution < 1.29 is 4.74 Å². The fourth-order valence-corrected chi connectivity index (χ4v) is 1.36. The molecule has 1 unspecified atom stereocenters. The summed E-state index contributed by atoms with van der Waals surface area (Å²) in [4.78, 5) is 0. The Bertz CT molecular complexity index is 212. The van der Waals surface area contributed by atoms with Gasteiger partial charge in [-0.2, -0.15) is 0 Å². The van der Waals surface area contributed by atoms with Crippen LogP contribution in [0.4, 0.5) is 0 Å². The van der Waals surface area contributed by atoms with E-state index in [1.807, 2.05) is 18.2 Å². The lowest BCUT2D eigenvalue weighted by molar-refractivity contribution is 0.124. The van der Waals surface area contributed by atoms with Gasteiger partial charge >= 0.3 is 0 Å². The zero-order valence-corrected chi connectivity index (χ0v) is 6.36. The first-order chi connectivity index (χ1) is 5.47. The van der Waals surface area contributed by atoms with Crippen LogP contribution in [0.5, 0.6) is 0 Å². The highest BCUT2D eigenvalue weighted by Crippen LogP contribution is 2.26. The van der Waals surface area contributed by atoms with Gasteiger partial charge in [-0.1, -0.05) is 30.3 Å². The molecule has 1 nitrogen and oxygen atoms in total. The van der Waals surface area contributed by atoms with E-state index in [2.05, 4.69) is 18.6 Å². The molecule has 1 fully saturated rings. The molecule has 0 N–H and O–H groups in total. The first-order valence-corrected chi connectivity index (χ1v) is 3.97. The van der Waals surface area contributed by atoms with Gasteiger partial charge in [0, 0.05) is 6.61 Å². The summed E-state index contributed by atoms with van der Waals surface area (Å²) >= 11 is 0. The van der Waals surface area contributed by atoms with Crippen LogP contribution >= 0.6 is 0 Å². The van der Waals surface area contributed by atoms with E-state index in [1.165, 1.54) is 5.56 Å². The van der Waals surface area contributed by atoms with Gasteiger partial charge in [-0.3, -0.25) is 0 Å². The minimum Gasteiger partial charge on any atom is -0.373 e. The molecule has 1 aliphatic rings. The summed E-state index contributed by atoms with van der Waals surface area (Å²) in [6, 6.07) is 10.3. The van der Waals surface area contributed by atoms with Crippen LogP contribution < -0.4 is 0 Å². The predicted molar refractivity (Wildman–Crippen MR) is 44.1 cm³/mol. The van der Waals surface area contributed by atoms with Crippen molar-refractivity contribution in [2.45, 2.75) is 12.5 Å². The number of benzene rings is 1. The van der Waals surface area contributed by atoms with Crippen LogP contribution in [0.25, 0.3) is 0 Å². The standard InChI is InChI=1S/C10H11O/c1-2-5-9(6-3-1)10-7-4-8-11-10/h1-3,5-7,10H,4,8H2. The molecule has 1 heterocycles. The Morgan fingerprint density at radius 1 is 1.18 bits per heavy atom. The SMILES string of the molecule is [CH]1CCOC1c1ccccc1. The quantitative estimate of drug-likeness (QED) is 0.592. The average molecular weight is 147 g/mol. The summed E-state index contributed by atoms with van der Waals surface area (Å²) in [5.74, 6) is 0. The highest BCUT2D eigenvalue weighted by Gasteiger charge is 2.16. The normalized spacial score (nSPS) is 23.8. The maximum absolute atomic E-state index is 5.48. The Morgan fingerprint density at radius 2 is 2.00 bits per heavy atom. The van der Waals surface area contributed by atoms with E-state index in [-0.39, 0.29) is 6.10 Å². The van der Waals surface area contributed by atoms with Crippen LogP contribution in [-0.4, -0.2) is 6.61 Å². The molecule has 0 aliphatic carbocycles. The third-order valence-corrected chi connectivity index (χ3v) is 1.92. The maximum Gasteiger partial charge on any atom is 0.0857 e. The minimum atomic E-state index is 0.246. The van der Waals surface area contributed by atoms with Gasteiger partial charge in [-0.25, -0.2) is 0 Å². The lowest BCUT2D eigenvalue weighted by Gasteiger charge is -2.07. The molecule has 2 rings (SSSR count). The van der Waals surface area contributed by atoms with E-state index in [0.717, 1.165) is 13.0 Å². The molecule has 1 aliphatic heterocycles. The molecule has 57 valence electrons. The van der Waals surface area contributed by atoms with E-state index >= 15 is 0 Å². The van der Waals surface area contributed by atoms with Crippen molar-refractivity contribution in [1.29, 1.82) is 0 Å². The summed E-state index contributed by atoms with van der Waals surface area (Å²) < 4.78 is 5.48. The van der Waals surface area contributed by atoms with Crippen molar-refractivity contribution in [1.82, 2.24) is 0 Å². The minimum absolute atomic E-state index is 0.246. The smallest absolute Gasteiger partial charge is 0.0857 e. The third kappa shape index (κ3) is 1.43. The van der Waals surface area contributed by atoms with Crippen molar-refractivity contribution in [3.05, 3.63) is 42.3 Å². The molecule has 1 aromatic carbocycles. The molecule has 0 aromatic heterocycles. The summed E-state index contributed by atoms with van der Waals surface area (Å²) in [5.41, 5.74) is 1.27. The van der Waals surface area contributed by atoms with Crippen molar-refractivity contribution in [2.75, 3.05) is 6.61 Å². The molecule has 1 radical (unpaired) electrons. The second kappa shape index (κ2) is 3.05. The van der Waals surface area contributed by atoms with Crippen molar-refractivity contribution in [3.8, 4) is 0 Å². The monoisotopic (exact) mass is 147 g/mol. The molecule has 1 heteroatoms. The lowest BCUT2D eigenvalue weighted by atomic mass is 10.1. The van der Waals surface area contributed by atoms with Crippen LogP contribution in [0.2, 0.25) is 0 Å². The van der Waals surface area contributed by atoms with Crippen LogP contribution in [-0.2, 0) is 4.74 Å². The molecule has 1 saturated heterocycles. The molecular formula is C10H11O.